The normalized spacial score (nSPS) is 16.9. The van der Waals surface area contributed by atoms with Gasteiger partial charge in [0.15, 0.2) is 5.60 Å². The largest absolute Gasteiger partial charge is 0.479 e. The van der Waals surface area contributed by atoms with Gasteiger partial charge in [0.25, 0.3) is 0 Å². The van der Waals surface area contributed by atoms with E-state index in [0.717, 1.165) is 6.92 Å². The number of hydrogen-bond acceptors (Lipinski definition) is 4. The molecule has 1 amide bonds. The Balaban J connectivity index is 4.06. The number of rotatable bonds is 5. The van der Waals surface area contributed by atoms with Gasteiger partial charge in [0.05, 0.1) is 12.6 Å². The number of carboxylic acids is 1. The van der Waals surface area contributed by atoms with Crippen LogP contribution < -0.4 is 11.1 Å². The molecule has 0 radical (unpaired) electrons. The third kappa shape index (κ3) is 3.71. The third-order valence-corrected chi connectivity index (χ3v) is 1.84. The molecular formula is C8H16N2O4. The smallest absolute Gasteiger partial charge is 0.337 e. The number of aliphatic carboxylic acids is 1. The van der Waals surface area contributed by atoms with Crippen molar-refractivity contribution in [2.45, 2.75) is 31.9 Å². The summed E-state index contributed by atoms with van der Waals surface area (Å²) in [4.78, 5) is 21.5. The Morgan fingerprint density at radius 2 is 2.07 bits per heavy atom. The zero-order valence-electron chi connectivity index (χ0n) is 8.28. The first-order valence-corrected chi connectivity index (χ1v) is 4.30. The molecule has 5 N–H and O–H groups in total. The molecule has 0 aliphatic rings. The summed E-state index contributed by atoms with van der Waals surface area (Å²) in [5.74, 6) is -1.85. The Morgan fingerprint density at radius 1 is 1.57 bits per heavy atom. The summed E-state index contributed by atoms with van der Waals surface area (Å²) in [6.45, 7) is 2.49. The van der Waals surface area contributed by atoms with Crippen LogP contribution in [-0.4, -0.2) is 40.3 Å². The molecule has 0 rings (SSSR count). The van der Waals surface area contributed by atoms with E-state index in [9.17, 15) is 14.7 Å². The topological polar surface area (TPSA) is 113 Å². The third-order valence-electron chi connectivity index (χ3n) is 1.84. The molecule has 82 valence electrons. The molecule has 0 bridgehead atoms. The van der Waals surface area contributed by atoms with Crippen molar-refractivity contribution in [3.8, 4) is 0 Å². The van der Waals surface area contributed by atoms with E-state index in [1.165, 1.54) is 0 Å². The van der Waals surface area contributed by atoms with Crippen molar-refractivity contribution in [2.24, 2.45) is 5.73 Å². The summed E-state index contributed by atoms with van der Waals surface area (Å²) in [7, 11) is 0. The lowest BCUT2D eigenvalue weighted by atomic mass is 10.1. The van der Waals surface area contributed by atoms with Gasteiger partial charge < -0.3 is 21.3 Å². The van der Waals surface area contributed by atoms with E-state index < -0.39 is 23.5 Å². The van der Waals surface area contributed by atoms with E-state index in [0.29, 0.717) is 6.42 Å². The SMILES string of the molecule is CCC(N)C(=O)NCC(C)(O)C(=O)O. The van der Waals surface area contributed by atoms with E-state index in [1.54, 1.807) is 6.92 Å². The van der Waals surface area contributed by atoms with Gasteiger partial charge in [-0.05, 0) is 13.3 Å². The van der Waals surface area contributed by atoms with Crippen molar-refractivity contribution in [3.63, 3.8) is 0 Å². The van der Waals surface area contributed by atoms with Crippen molar-refractivity contribution in [1.29, 1.82) is 0 Å². The predicted octanol–water partition coefficient (Wildman–Crippen LogP) is -1.32. The second-order valence-corrected chi connectivity index (χ2v) is 3.31. The Labute approximate surface area is 82.1 Å². The van der Waals surface area contributed by atoms with Crippen molar-refractivity contribution < 1.29 is 19.8 Å². The van der Waals surface area contributed by atoms with Gasteiger partial charge in [0.2, 0.25) is 5.91 Å². The van der Waals surface area contributed by atoms with Crippen molar-refractivity contribution >= 4 is 11.9 Å². The minimum atomic E-state index is -1.96. The quantitative estimate of drug-likeness (QED) is 0.443. The molecule has 0 aliphatic heterocycles. The van der Waals surface area contributed by atoms with E-state index >= 15 is 0 Å². The lowest BCUT2D eigenvalue weighted by molar-refractivity contribution is -0.156. The van der Waals surface area contributed by atoms with Crippen LogP contribution in [0.1, 0.15) is 20.3 Å². The number of nitrogens with two attached hydrogens (primary N) is 1. The first-order valence-electron chi connectivity index (χ1n) is 4.30. The van der Waals surface area contributed by atoms with Gasteiger partial charge in [0.1, 0.15) is 0 Å². The zero-order chi connectivity index (χ0) is 11.4. The monoisotopic (exact) mass is 204 g/mol. The molecule has 2 unspecified atom stereocenters. The average molecular weight is 204 g/mol. The second kappa shape index (κ2) is 4.92. The second-order valence-electron chi connectivity index (χ2n) is 3.31. The van der Waals surface area contributed by atoms with Crippen LogP contribution in [0.25, 0.3) is 0 Å². The van der Waals surface area contributed by atoms with Gasteiger partial charge in [-0.15, -0.1) is 0 Å². The van der Waals surface area contributed by atoms with Crippen molar-refractivity contribution in [2.75, 3.05) is 6.54 Å². The van der Waals surface area contributed by atoms with Gasteiger partial charge in [-0.2, -0.15) is 0 Å². The van der Waals surface area contributed by atoms with E-state index in [4.69, 9.17) is 10.8 Å². The van der Waals surface area contributed by atoms with Crippen LogP contribution >= 0.6 is 0 Å². The van der Waals surface area contributed by atoms with E-state index in [-0.39, 0.29) is 6.54 Å². The maximum Gasteiger partial charge on any atom is 0.337 e. The van der Waals surface area contributed by atoms with Crippen molar-refractivity contribution in [1.82, 2.24) is 5.32 Å². The van der Waals surface area contributed by atoms with Crippen LogP contribution in [0.2, 0.25) is 0 Å². The van der Waals surface area contributed by atoms with Crippen LogP contribution in [0.4, 0.5) is 0 Å². The lowest BCUT2D eigenvalue weighted by Crippen LogP contribution is -2.50. The molecule has 0 aromatic rings. The van der Waals surface area contributed by atoms with Gasteiger partial charge in [-0.3, -0.25) is 4.79 Å². The molecule has 0 fully saturated rings. The number of amides is 1. The fourth-order valence-corrected chi connectivity index (χ4v) is 0.651. The number of carboxylic acid groups (broad SMARTS) is 1. The number of carbonyl (C=O) groups excluding carboxylic acids is 1. The average Bonchev–Trinajstić information content (AvgIpc) is 2.12. The summed E-state index contributed by atoms with van der Waals surface area (Å²) < 4.78 is 0. The van der Waals surface area contributed by atoms with E-state index in [1.807, 2.05) is 0 Å². The van der Waals surface area contributed by atoms with Crippen LogP contribution in [-0.2, 0) is 9.59 Å². The molecule has 0 heterocycles. The summed E-state index contributed by atoms with van der Waals surface area (Å²) in [5.41, 5.74) is 3.43. The molecule has 0 saturated heterocycles. The highest BCUT2D eigenvalue weighted by Crippen LogP contribution is 2.00. The minimum absolute atomic E-state index is 0.352. The Kier molecular flexibility index (Phi) is 4.52. The summed E-state index contributed by atoms with van der Waals surface area (Å²) in [6, 6.07) is -0.667. The number of nitrogens with one attached hydrogen (secondary N) is 1. The van der Waals surface area contributed by atoms with Crippen molar-refractivity contribution in [3.05, 3.63) is 0 Å². The molecule has 0 aromatic heterocycles. The molecule has 0 saturated carbocycles. The molecule has 2 atom stereocenters. The summed E-state index contributed by atoms with van der Waals surface area (Å²) in [6.07, 6.45) is 0.459. The molecule has 6 heteroatoms. The van der Waals surface area contributed by atoms with Gasteiger partial charge >= 0.3 is 5.97 Å². The molecule has 14 heavy (non-hydrogen) atoms. The van der Waals surface area contributed by atoms with Crippen LogP contribution in [0.15, 0.2) is 0 Å². The van der Waals surface area contributed by atoms with Crippen LogP contribution in [0.5, 0.6) is 0 Å². The fraction of sp³-hybridized carbons (Fsp3) is 0.750. The number of aliphatic hydroxyl groups is 1. The van der Waals surface area contributed by atoms with Gasteiger partial charge in [0, 0.05) is 0 Å². The summed E-state index contributed by atoms with van der Waals surface area (Å²) in [5, 5.41) is 20.0. The first kappa shape index (κ1) is 12.9. The maximum absolute atomic E-state index is 11.1. The molecule has 0 spiro atoms. The molecule has 0 aliphatic carbocycles. The highest BCUT2D eigenvalue weighted by Gasteiger charge is 2.30. The molecule has 6 nitrogen and oxygen atoms in total. The number of hydrogen-bond donors (Lipinski definition) is 4. The Bertz CT molecular complexity index is 227. The van der Waals surface area contributed by atoms with Gasteiger partial charge in [-0.1, -0.05) is 6.92 Å². The molecular weight excluding hydrogens is 188 g/mol. The van der Waals surface area contributed by atoms with Crippen LogP contribution in [0.3, 0.4) is 0 Å². The Hall–Kier alpha value is -1.14. The molecule has 0 aromatic carbocycles. The standard InChI is InChI=1S/C8H16N2O4/c1-3-5(9)6(11)10-4-8(2,14)7(12)13/h5,14H,3-4,9H2,1-2H3,(H,10,11)(H,12,13). The lowest BCUT2D eigenvalue weighted by Gasteiger charge is -2.19. The fourth-order valence-electron chi connectivity index (χ4n) is 0.651. The predicted molar refractivity (Wildman–Crippen MR) is 49.5 cm³/mol. The maximum atomic E-state index is 11.1. The highest BCUT2D eigenvalue weighted by atomic mass is 16.4. The first-order chi connectivity index (χ1) is 6.31. The van der Waals surface area contributed by atoms with Crippen LogP contribution in [0, 0.1) is 0 Å². The number of carbonyl (C=O) groups is 2. The van der Waals surface area contributed by atoms with Gasteiger partial charge in [-0.25, -0.2) is 4.79 Å². The Morgan fingerprint density at radius 3 is 2.43 bits per heavy atom. The van der Waals surface area contributed by atoms with E-state index in [2.05, 4.69) is 5.32 Å². The summed E-state index contributed by atoms with van der Waals surface area (Å²) >= 11 is 0. The highest BCUT2D eigenvalue weighted by molar-refractivity contribution is 5.83. The zero-order valence-corrected chi connectivity index (χ0v) is 8.28. The minimum Gasteiger partial charge on any atom is -0.479 e.